The smallest absolute Gasteiger partial charge is 0.168 e. The summed E-state index contributed by atoms with van der Waals surface area (Å²) in [6.07, 6.45) is -0.420. The zero-order valence-corrected chi connectivity index (χ0v) is 8.86. The van der Waals surface area contributed by atoms with Crippen LogP contribution in [0.2, 0.25) is 0 Å². The minimum atomic E-state index is -0.420. The highest BCUT2D eigenvalue weighted by atomic mass is 16.5. The van der Waals surface area contributed by atoms with Crippen LogP contribution in [-0.2, 0) is 9.53 Å². The molecule has 0 bridgehead atoms. The van der Waals surface area contributed by atoms with E-state index in [-0.39, 0.29) is 11.7 Å². The van der Waals surface area contributed by atoms with Crippen LogP contribution in [0.3, 0.4) is 0 Å². The Morgan fingerprint density at radius 2 is 1.79 bits per heavy atom. The molecule has 76 valence electrons. The molecule has 0 N–H and O–H groups in total. The first kappa shape index (κ1) is 10.9. The molecule has 0 fully saturated rings. The predicted molar refractivity (Wildman–Crippen MR) is 56.0 cm³/mol. The van der Waals surface area contributed by atoms with E-state index in [9.17, 15) is 4.79 Å². The first-order valence-corrected chi connectivity index (χ1v) is 4.78. The number of ether oxygens (including phenoxy) is 1. The Morgan fingerprint density at radius 1 is 1.21 bits per heavy atom. The second-order valence-electron chi connectivity index (χ2n) is 3.58. The van der Waals surface area contributed by atoms with Crippen LogP contribution in [-0.4, -0.2) is 12.9 Å². The number of ketones is 1. The second-order valence-corrected chi connectivity index (χ2v) is 3.58. The summed E-state index contributed by atoms with van der Waals surface area (Å²) < 4.78 is 5.21. The summed E-state index contributed by atoms with van der Waals surface area (Å²) in [5.41, 5.74) is 0.925. The highest BCUT2D eigenvalue weighted by molar-refractivity contribution is 5.85. The highest BCUT2D eigenvalue weighted by Gasteiger charge is 2.21. The number of carbonyl (C=O) groups is 1. The molecule has 0 aliphatic heterocycles. The molecular weight excluding hydrogens is 176 g/mol. The fraction of sp³-hybridized carbons (Fsp3) is 0.417. The number of carbonyl (C=O) groups excluding carboxylic acids is 1. The molecule has 2 nitrogen and oxygen atoms in total. The van der Waals surface area contributed by atoms with Crippen LogP contribution in [0.25, 0.3) is 0 Å². The molecule has 1 aromatic rings. The molecule has 2 heteroatoms. The summed E-state index contributed by atoms with van der Waals surface area (Å²) in [5, 5.41) is 0. The van der Waals surface area contributed by atoms with Gasteiger partial charge in [0.05, 0.1) is 0 Å². The lowest BCUT2D eigenvalue weighted by atomic mass is 9.98. The van der Waals surface area contributed by atoms with Crippen LogP contribution >= 0.6 is 0 Å². The number of rotatable bonds is 4. The topological polar surface area (TPSA) is 26.3 Å². The van der Waals surface area contributed by atoms with E-state index in [2.05, 4.69) is 0 Å². The zero-order valence-electron chi connectivity index (χ0n) is 8.86. The molecule has 0 amide bonds. The van der Waals surface area contributed by atoms with E-state index in [0.29, 0.717) is 0 Å². The van der Waals surface area contributed by atoms with Crippen molar-refractivity contribution >= 4 is 5.78 Å². The summed E-state index contributed by atoms with van der Waals surface area (Å²) in [5.74, 6) is 0.124. The summed E-state index contributed by atoms with van der Waals surface area (Å²) in [4.78, 5) is 11.7. The Labute approximate surface area is 84.9 Å². The number of hydrogen-bond donors (Lipinski definition) is 0. The SMILES string of the molecule is CO[C@@H](C(=O)C(C)C)c1ccccc1. The summed E-state index contributed by atoms with van der Waals surface area (Å²) >= 11 is 0. The quantitative estimate of drug-likeness (QED) is 0.733. The van der Waals surface area contributed by atoms with Gasteiger partial charge >= 0.3 is 0 Å². The van der Waals surface area contributed by atoms with Crippen molar-refractivity contribution < 1.29 is 9.53 Å². The minimum Gasteiger partial charge on any atom is -0.369 e. The van der Waals surface area contributed by atoms with E-state index < -0.39 is 6.10 Å². The third-order valence-electron chi connectivity index (χ3n) is 2.17. The summed E-state index contributed by atoms with van der Waals surface area (Å²) in [6, 6.07) is 9.57. The Bertz CT molecular complexity index is 290. The molecule has 0 saturated heterocycles. The van der Waals surface area contributed by atoms with E-state index in [0.717, 1.165) is 5.56 Å². The van der Waals surface area contributed by atoms with E-state index in [1.54, 1.807) is 7.11 Å². The number of benzene rings is 1. The molecule has 1 aromatic carbocycles. The standard InChI is InChI=1S/C12H16O2/c1-9(2)11(13)12(14-3)10-7-5-4-6-8-10/h4-9,12H,1-3H3/t12-/m1/s1. The maximum absolute atomic E-state index is 11.7. The Kier molecular flexibility index (Phi) is 3.84. The van der Waals surface area contributed by atoms with Crippen LogP contribution in [0.1, 0.15) is 25.5 Å². The van der Waals surface area contributed by atoms with Gasteiger partial charge in [0.25, 0.3) is 0 Å². The van der Waals surface area contributed by atoms with Crippen LogP contribution in [0, 0.1) is 5.92 Å². The average Bonchev–Trinajstić information content (AvgIpc) is 2.20. The van der Waals surface area contributed by atoms with Crippen molar-refractivity contribution in [3.63, 3.8) is 0 Å². The largest absolute Gasteiger partial charge is 0.369 e. The molecule has 0 heterocycles. The molecule has 0 spiro atoms. The van der Waals surface area contributed by atoms with Gasteiger partial charge in [-0.15, -0.1) is 0 Å². The van der Waals surface area contributed by atoms with Crippen LogP contribution in [0.4, 0.5) is 0 Å². The van der Waals surface area contributed by atoms with Crippen LogP contribution in [0.5, 0.6) is 0 Å². The van der Waals surface area contributed by atoms with Crippen molar-refractivity contribution in [2.75, 3.05) is 7.11 Å². The molecule has 0 aromatic heterocycles. The monoisotopic (exact) mass is 192 g/mol. The van der Waals surface area contributed by atoms with Crippen molar-refractivity contribution in [3.8, 4) is 0 Å². The fourth-order valence-electron chi connectivity index (χ4n) is 1.35. The predicted octanol–water partition coefficient (Wildman–Crippen LogP) is 2.60. The van der Waals surface area contributed by atoms with E-state index in [1.165, 1.54) is 0 Å². The molecule has 0 radical (unpaired) electrons. The van der Waals surface area contributed by atoms with Crippen molar-refractivity contribution in [2.24, 2.45) is 5.92 Å². The van der Waals surface area contributed by atoms with Gasteiger partial charge in [0, 0.05) is 13.0 Å². The van der Waals surface area contributed by atoms with Gasteiger partial charge in [-0.25, -0.2) is 0 Å². The molecule has 0 unspecified atom stereocenters. The third kappa shape index (κ3) is 2.42. The van der Waals surface area contributed by atoms with Crippen molar-refractivity contribution in [1.29, 1.82) is 0 Å². The first-order valence-electron chi connectivity index (χ1n) is 4.78. The van der Waals surface area contributed by atoms with Gasteiger partial charge in [-0.1, -0.05) is 44.2 Å². The number of Topliss-reactive ketones (excluding diaryl/α,β-unsaturated/α-hetero) is 1. The molecule has 0 aliphatic carbocycles. The Balaban J connectivity index is 2.88. The Hall–Kier alpha value is -1.15. The van der Waals surface area contributed by atoms with Gasteiger partial charge in [-0.3, -0.25) is 4.79 Å². The highest BCUT2D eigenvalue weighted by Crippen LogP contribution is 2.20. The maximum atomic E-state index is 11.7. The lowest BCUT2D eigenvalue weighted by Gasteiger charge is -2.16. The lowest BCUT2D eigenvalue weighted by molar-refractivity contribution is -0.132. The van der Waals surface area contributed by atoms with Gasteiger partial charge in [-0.2, -0.15) is 0 Å². The van der Waals surface area contributed by atoms with Gasteiger partial charge in [0.2, 0.25) is 0 Å². The summed E-state index contributed by atoms with van der Waals surface area (Å²) in [7, 11) is 1.57. The summed E-state index contributed by atoms with van der Waals surface area (Å²) in [6.45, 7) is 3.77. The fourth-order valence-corrected chi connectivity index (χ4v) is 1.35. The van der Waals surface area contributed by atoms with Gasteiger partial charge in [0.15, 0.2) is 5.78 Å². The Morgan fingerprint density at radius 3 is 2.21 bits per heavy atom. The van der Waals surface area contributed by atoms with E-state index in [4.69, 9.17) is 4.74 Å². The van der Waals surface area contributed by atoms with Gasteiger partial charge in [-0.05, 0) is 5.56 Å². The van der Waals surface area contributed by atoms with Crippen molar-refractivity contribution in [2.45, 2.75) is 20.0 Å². The van der Waals surface area contributed by atoms with E-state index >= 15 is 0 Å². The van der Waals surface area contributed by atoms with Crippen LogP contribution < -0.4 is 0 Å². The molecule has 1 rings (SSSR count). The van der Waals surface area contributed by atoms with Crippen molar-refractivity contribution in [3.05, 3.63) is 35.9 Å². The third-order valence-corrected chi connectivity index (χ3v) is 2.17. The number of hydrogen-bond acceptors (Lipinski definition) is 2. The zero-order chi connectivity index (χ0) is 10.6. The van der Waals surface area contributed by atoms with Crippen molar-refractivity contribution in [1.82, 2.24) is 0 Å². The van der Waals surface area contributed by atoms with Gasteiger partial charge in [0.1, 0.15) is 6.10 Å². The molecule has 1 atom stereocenters. The molecule has 14 heavy (non-hydrogen) atoms. The van der Waals surface area contributed by atoms with E-state index in [1.807, 2.05) is 44.2 Å². The minimum absolute atomic E-state index is 0.000145. The first-order chi connectivity index (χ1) is 6.66. The molecule has 0 saturated carbocycles. The average molecular weight is 192 g/mol. The lowest BCUT2D eigenvalue weighted by Crippen LogP contribution is -2.19. The van der Waals surface area contributed by atoms with Gasteiger partial charge < -0.3 is 4.74 Å². The normalized spacial score (nSPS) is 12.9. The number of methoxy groups -OCH3 is 1. The molecular formula is C12H16O2. The molecule has 0 aliphatic rings. The maximum Gasteiger partial charge on any atom is 0.168 e. The second kappa shape index (κ2) is 4.91. The van der Waals surface area contributed by atoms with Crippen LogP contribution in [0.15, 0.2) is 30.3 Å².